The Balaban J connectivity index is 2.17. The number of amides is 2. The van der Waals surface area contributed by atoms with Crippen LogP contribution < -0.4 is 5.32 Å². The fourth-order valence-electron chi connectivity index (χ4n) is 2.60. The molecule has 2 rings (SSSR count). The molecule has 0 saturated heterocycles. The van der Waals surface area contributed by atoms with E-state index in [4.69, 9.17) is 0 Å². The smallest absolute Gasteiger partial charge is 0.318 e. The number of nitrogens with one attached hydrogen (secondary N) is 1. The van der Waals surface area contributed by atoms with Gasteiger partial charge in [-0.3, -0.25) is 10.1 Å². The molecule has 0 heterocycles. The van der Waals surface area contributed by atoms with E-state index in [9.17, 15) is 14.9 Å². The van der Waals surface area contributed by atoms with Gasteiger partial charge in [-0.2, -0.15) is 0 Å². The van der Waals surface area contributed by atoms with Crippen LogP contribution in [0.25, 0.3) is 0 Å². The summed E-state index contributed by atoms with van der Waals surface area (Å²) in [5.41, 5.74) is 3.72. The Kier molecular flexibility index (Phi) is 5.75. The number of carbonyl (C=O) groups is 1. The summed E-state index contributed by atoms with van der Waals surface area (Å²) in [4.78, 5) is 24.8. The molecule has 25 heavy (non-hydrogen) atoms. The summed E-state index contributed by atoms with van der Waals surface area (Å²) >= 11 is 0. The van der Waals surface area contributed by atoms with Gasteiger partial charge in [0, 0.05) is 30.4 Å². The van der Waals surface area contributed by atoms with Gasteiger partial charge in [-0.25, -0.2) is 4.79 Å². The predicted octanol–water partition coefficient (Wildman–Crippen LogP) is 4.65. The van der Waals surface area contributed by atoms with Gasteiger partial charge in [0.15, 0.2) is 0 Å². The number of nitro benzene ring substituents is 1. The summed E-state index contributed by atoms with van der Waals surface area (Å²) in [6.07, 6.45) is 0. The van der Waals surface area contributed by atoms with Gasteiger partial charge in [0.2, 0.25) is 0 Å². The Morgan fingerprint density at radius 1 is 1.12 bits per heavy atom. The van der Waals surface area contributed by atoms with Crippen LogP contribution in [0.3, 0.4) is 0 Å². The number of hydrogen-bond donors (Lipinski definition) is 1. The highest BCUT2D eigenvalue weighted by Gasteiger charge is 2.19. The van der Waals surface area contributed by atoms with Crippen LogP contribution in [0.5, 0.6) is 0 Å². The number of anilines is 1. The first-order valence-corrected chi connectivity index (χ1v) is 8.16. The second-order valence-electron chi connectivity index (χ2n) is 6.34. The molecule has 0 bridgehead atoms. The number of benzene rings is 2. The largest absolute Gasteiger partial charge is 0.322 e. The van der Waals surface area contributed by atoms with Crippen molar-refractivity contribution in [2.75, 3.05) is 5.32 Å². The Morgan fingerprint density at radius 3 is 2.16 bits per heavy atom. The molecule has 2 amide bonds. The zero-order valence-corrected chi connectivity index (χ0v) is 14.9. The maximum Gasteiger partial charge on any atom is 0.322 e. The lowest BCUT2D eigenvalue weighted by atomic mass is 10.1. The fourth-order valence-corrected chi connectivity index (χ4v) is 2.60. The van der Waals surface area contributed by atoms with Crippen molar-refractivity contribution in [3.63, 3.8) is 0 Å². The lowest BCUT2D eigenvalue weighted by molar-refractivity contribution is -0.384. The number of aryl methyl sites for hydroxylation is 2. The average Bonchev–Trinajstić information content (AvgIpc) is 2.56. The average molecular weight is 341 g/mol. The Bertz CT molecular complexity index is 750. The Morgan fingerprint density at radius 2 is 1.68 bits per heavy atom. The minimum absolute atomic E-state index is 0.0143. The number of nitrogens with zero attached hydrogens (tertiary/aromatic N) is 2. The first-order valence-electron chi connectivity index (χ1n) is 8.16. The van der Waals surface area contributed by atoms with E-state index in [1.807, 2.05) is 45.9 Å². The molecule has 0 aromatic heterocycles. The monoisotopic (exact) mass is 341 g/mol. The second-order valence-corrected chi connectivity index (χ2v) is 6.34. The molecular formula is C19H23N3O3. The zero-order valence-electron chi connectivity index (χ0n) is 14.9. The summed E-state index contributed by atoms with van der Waals surface area (Å²) in [6, 6.07) is 11.9. The highest BCUT2D eigenvalue weighted by molar-refractivity contribution is 5.91. The highest BCUT2D eigenvalue weighted by Crippen LogP contribution is 2.21. The summed E-state index contributed by atoms with van der Waals surface area (Å²) in [5.74, 6) is 0. The van der Waals surface area contributed by atoms with Crippen LogP contribution in [0.4, 0.5) is 16.2 Å². The van der Waals surface area contributed by atoms with Crippen LogP contribution in [0.15, 0.2) is 42.5 Å². The molecule has 132 valence electrons. The topological polar surface area (TPSA) is 75.5 Å². The fraction of sp³-hybridized carbons (Fsp3) is 0.316. The molecule has 0 spiro atoms. The number of rotatable bonds is 5. The predicted molar refractivity (Wildman–Crippen MR) is 98.7 cm³/mol. The standard InChI is InChI=1S/C19H23N3O3/c1-13(2)21(12-16-8-10-17(11-9-16)22(24)25)19(23)20-18-14(3)6-5-7-15(18)4/h5-11,13H,12H2,1-4H3,(H,20,23). The molecule has 6 heteroatoms. The third-order valence-corrected chi connectivity index (χ3v) is 4.10. The SMILES string of the molecule is Cc1cccc(C)c1NC(=O)N(Cc1ccc([N+](=O)[O-])cc1)C(C)C. The molecule has 0 radical (unpaired) electrons. The minimum atomic E-state index is -0.433. The molecule has 0 atom stereocenters. The van der Waals surface area contributed by atoms with E-state index in [1.54, 1.807) is 17.0 Å². The maximum absolute atomic E-state index is 12.7. The van der Waals surface area contributed by atoms with Crippen molar-refractivity contribution < 1.29 is 9.72 Å². The zero-order chi connectivity index (χ0) is 18.6. The van der Waals surface area contributed by atoms with E-state index in [2.05, 4.69) is 5.32 Å². The minimum Gasteiger partial charge on any atom is -0.318 e. The Hall–Kier alpha value is -2.89. The molecular weight excluding hydrogens is 318 g/mol. The summed E-state index contributed by atoms with van der Waals surface area (Å²) < 4.78 is 0. The lowest BCUT2D eigenvalue weighted by Crippen LogP contribution is -2.39. The van der Waals surface area contributed by atoms with Gasteiger partial charge in [0.1, 0.15) is 0 Å². The number of non-ortho nitro benzene ring substituents is 1. The first-order chi connectivity index (χ1) is 11.8. The van der Waals surface area contributed by atoms with E-state index in [-0.39, 0.29) is 17.8 Å². The van der Waals surface area contributed by atoms with Crippen molar-refractivity contribution in [1.29, 1.82) is 0 Å². The molecule has 0 aliphatic heterocycles. The van der Waals surface area contributed by atoms with Crippen molar-refractivity contribution in [1.82, 2.24) is 4.90 Å². The third-order valence-electron chi connectivity index (χ3n) is 4.10. The van der Waals surface area contributed by atoms with Crippen molar-refractivity contribution >= 4 is 17.4 Å². The molecule has 0 saturated carbocycles. The van der Waals surface area contributed by atoms with Crippen molar-refractivity contribution in [3.8, 4) is 0 Å². The van der Waals surface area contributed by atoms with Crippen molar-refractivity contribution in [2.45, 2.75) is 40.3 Å². The summed E-state index contributed by atoms with van der Waals surface area (Å²) in [7, 11) is 0. The molecule has 2 aromatic carbocycles. The first kappa shape index (κ1) is 18.4. The van der Waals surface area contributed by atoms with Crippen LogP contribution in [0, 0.1) is 24.0 Å². The van der Waals surface area contributed by atoms with E-state index < -0.39 is 4.92 Å². The number of hydrogen-bond acceptors (Lipinski definition) is 3. The van der Waals surface area contributed by atoms with Gasteiger partial charge < -0.3 is 10.2 Å². The molecule has 1 N–H and O–H groups in total. The quantitative estimate of drug-likeness (QED) is 0.635. The van der Waals surface area contributed by atoms with Crippen LogP contribution in [-0.4, -0.2) is 21.9 Å². The van der Waals surface area contributed by atoms with Crippen LogP contribution in [0.1, 0.15) is 30.5 Å². The van der Waals surface area contributed by atoms with Crippen LogP contribution in [-0.2, 0) is 6.54 Å². The molecule has 2 aromatic rings. The molecule has 0 aliphatic rings. The summed E-state index contributed by atoms with van der Waals surface area (Å²) in [6.45, 7) is 8.18. The van der Waals surface area contributed by atoms with E-state index >= 15 is 0 Å². The van der Waals surface area contributed by atoms with Gasteiger partial charge >= 0.3 is 6.03 Å². The maximum atomic E-state index is 12.7. The highest BCUT2D eigenvalue weighted by atomic mass is 16.6. The molecule has 6 nitrogen and oxygen atoms in total. The van der Waals surface area contributed by atoms with Gasteiger partial charge in [-0.05, 0) is 44.4 Å². The van der Waals surface area contributed by atoms with E-state index in [0.717, 1.165) is 22.4 Å². The Labute approximate surface area is 147 Å². The number of urea groups is 1. The van der Waals surface area contributed by atoms with Crippen LogP contribution in [0.2, 0.25) is 0 Å². The van der Waals surface area contributed by atoms with Crippen molar-refractivity contribution in [2.24, 2.45) is 0 Å². The second kappa shape index (κ2) is 7.79. The van der Waals surface area contributed by atoms with E-state index in [0.29, 0.717) is 6.54 Å². The summed E-state index contributed by atoms with van der Waals surface area (Å²) in [5, 5.41) is 13.7. The normalized spacial score (nSPS) is 10.6. The number of carbonyl (C=O) groups excluding carboxylic acids is 1. The van der Waals surface area contributed by atoms with E-state index in [1.165, 1.54) is 12.1 Å². The molecule has 0 fully saturated rings. The van der Waals surface area contributed by atoms with Crippen molar-refractivity contribution in [3.05, 3.63) is 69.3 Å². The molecule has 0 aliphatic carbocycles. The lowest BCUT2D eigenvalue weighted by Gasteiger charge is -2.28. The third kappa shape index (κ3) is 4.56. The van der Waals surface area contributed by atoms with Crippen LogP contribution >= 0.6 is 0 Å². The molecule has 0 unspecified atom stereocenters. The number of para-hydroxylation sites is 1. The van der Waals surface area contributed by atoms with Gasteiger partial charge in [0.05, 0.1) is 4.92 Å². The van der Waals surface area contributed by atoms with Gasteiger partial charge in [0.25, 0.3) is 5.69 Å². The van der Waals surface area contributed by atoms with Gasteiger partial charge in [-0.1, -0.05) is 30.3 Å². The number of nitro groups is 1. The van der Waals surface area contributed by atoms with Gasteiger partial charge in [-0.15, -0.1) is 0 Å².